The minimum atomic E-state index is -0.105. The summed E-state index contributed by atoms with van der Waals surface area (Å²) in [5, 5.41) is 2.85. The van der Waals surface area contributed by atoms with Gasteiger partial charge in [-0.1, -0.05) is 0 Å². The molecule has 0 aromatic heterocycles. The predicted molar refractivity (Wildman–Crippen MR) is 90.3 cm³/mol. The third-order valence-electron chi connectivity index (χ3n) is 4.05. The standard InChI is InChI=1S/C17H25N3O4/c1-3-19(13-17(22)20-8-10-24-11-9-20)12-16(21)18-14-4-6-15(23-2)7-5-14/h4-7H,3,8-13H2,1-2H3,(H,18,21)/p+1. The summed E-state index contributed by atoms with van der Waals surface area (Å²) < 4.78 is 10.3. The van der Waals surface area contributed by atoms with Crippen molar-refractivity contribution in [3.63, 3.8) is 0 Å². The van der Waals surface area contributed by atoms with Crippen LogP contribution in [0.3, 0.4) is 0 Å². The lowest BCUT2D eigenvalue weighted by Gasteiger charge is -2.28. The van der Waals surface area contributed by atoms with Crippen LogP contribution in [0, 0.1) is 0 Å². The van der Waals surface area contributed by atoms with E-state index >= 15 is 0 Å². The number of carbonyl (C=O) groups excluding carboxylic acids is 2. The molecule has 2 N–H and O–H groups in total. The molecule has 0 radical (unpaired) electrons. The molecule has 1 saturated heterocycles. The topological polar surface area (TPSA) is 72.3 Å². The number of amides is 2. The molecule has 0 spiro atoms. The van der Waals surface area contributed by atoms with E-state index in [4.69, 9.17) is 9.47 Å². The number of methoxy groups -OCH3 is 1. The number of anilines is 1. The highest BCUT2D eigenvalue weighted by Crippen LogP contribution is 2.14. The molecule has 7 heteroatoms. The lowest BCUT2D eigenvalue weighted by atomic mass is 10.3. The zero-order valence-electron chi connectivity index (χ0n) is 14.3. The van der Waals surface area contributed by atoms with Crippen LogP contribution in [-0.4, -0.2) is 69.8 Å². The van der Waals surface area contributed by atoms with Crippen LogP contribution in [0.25, 0.3) is 0 Å². The Morgan fingerprint density at radius 3 is 2.46 bits per heavy atom. The van der Waals surface area contributed by atoms with Gasteiger partial charge < -0.3 is 24.6 Å². The second-order valence-electron chi connectivity index (χ2n) is 5.73. The van der Waals surface area contributed by atoms with E-state index in [1.165, 1.54) is 0 Å². The highest BCUT2D eigenvalue weighted by molar-refractivity contribution is 5.91. The number of ether oxygens (including phenoxy) is 2. The molecule has 2 rings (SSSR count). The van der Waals surface area contributed by atoms with Crippen LogP contribution in [-0.2, 0) is 14.3 Å². The first kappa shape index (κ1) is 18.2. The van der Waals surface area contributed by atoms with Gasteiger partial charge >= 0.3 is 0 Å². The molecular weight excluding hydrogens is 310 g/mol. The summed E-state index contributed by atoms with van der Waals surface area (Å²) >= 11 is 0. The van der Waals surface area contributed by atoms with Gasteiger partial charge in [-0.2, -0.15) is 0 Å². The molecular formula is C17H26N3O4+. The Hall–Kier alpha value is -2.12. The van der Waals surface area contributed by atoms with E-state index < -0.39 is 0 Å². The minimum Gasteiger partial charge on any atom is -0.497 e. The zero-order valence-corrected chi connectivity index (χ0v) is 14.3. The SMILES string of the molecule is CC[NH+](CC(=O)Nc1ccc(OC)cc1)CC(=O)N1CCOCC1. The predicted octanol–water partition coefficient (Wildman–Crippen LogP) is -0.603. The highest BCUT2D eigenvalue weighted by Gasteiger charge is 2.22. The summed E-state index contributed by atoms with van der Waals surface area (Å²) in [7, 11) is 1.60. The fourth-order valence-electron chi connectivity index (χ4n) is 2.56. The average molecular weight is 336 g/mol. The number of likely N-dealkylation sites (N-methyl/N-ethyl adjacent to an activating group) is 1. The Morgan fingerprint density at radius 2 is 1.88 bits per heavy atom. The maximum atomic E-state index is 12.3. The smallest absolute Gasteiger partial charge is 0.279 e. The highest BCUT2D eigenvalue weighted by atomic mass is 16.5. The summed E-state index contributed by atoms with van der Waals surface area (Å²) in [5.41, 5.74) is 0.718. The number of morpholine rings is 1. The molecule has 1 aliphatic rings. The van der Waals surface area contributed by atoms with Crippen LogP contribution < -0.4 is 15.0 Å². The van der Waals surface area contributed by atoms with E-state index in [9.17, 15) is 9.59 Å². The van der Waals surface area contributed by atoms with Crippen LogP contribution in [0.2, 0.25) is 0 Å². The van der Waals surface area contributed by atoms with E-state index in [1.54, 1.807) is 36.3 Å². The second-order valence-corrected chi connectivity index (χ2v) is 5.73. The minimum absolute atomic E-state index is 0.0763. The van der Waals surface area contributed by atoms with Gasteiger partial charge in [0.1, 0.15) is 5.75 Å². The second kappa shape index (κ2) is 9.24. The monoisotopic (exact) mass is 336 g/mol. The van der Waals surface area contributed by atoms with Gasteiger partial charge in [-0.05, 0) is 31.2 Å². The third-order valence-corrected chi connectivity index (χ3v) is 4.05. The molecule has 1 heterocycles. The Balaban J connectivity index is 1.81. The van der Waals surface area contributed by atoms with Crippen LogP contribution in [0.5, 0.6) is 5.75 Å². The maximum absolute atomic E-state index is 12.3. The number of rotatable bonds is 7. The zero-order chi connectivity index (χ0) is 17.4. The largest absolute Gasteiger partial charge is 0.497 e. The van der Waals surface area contributed by atoms with Crippen LogP contribution in [0.1, 0.15) is 6.92 Å². The molecule has 7 nitrogen and oxygen atoms in total. The number of quaternary nitrogens is 1. The molecule has 0 aliphatic carbocycles. The molecule has 1 aromatic rings. The van der Waals surface area contributed by atoms with Gasteiger partial charge in [-0.25, -0.2) is 0 Å². The molecule has 0 saturated carbocycles. The fourth-order valence-corrected chi connectivity index (χ4v) is 2.56. The number of nitrogens with zero attached hydrogens (tertiary/aromatic N) is 1. The van der Waals surface area contributed by atoms with Gasteiger partial charge in [0.2, 0.25) is 0 Å². The van der Waals surface area contributed by atoms with Crippen molar-refractivity contribution in [3.05, 3.63) is 24.3 Å². The van der Waals surface area contributed by atoms with Gasteiger partial charge in [-0.15, -0.1) is 0 Å². The summed E-state index contributed by atoms with van der Waals surface area (Å²) in [6, 6.07) is 7.17. The van der Waals surface area contributed by atoms with Crippen molar-refractivity contribution >= 4 is 17.5 Å². The summed E-state index contributed by atoms with van der Waals surface area (Å²) in [4.78, 5) is 27.2. The van der Waals surface area contributed by atoms with Crippen molar-refractivity contribution in [2.45, 2.75) is 6.92 Å². The molecule has 1 atom stereocenters. The lowest BCUT2D eigenvalue weighted by molar-refractivity contribution is -0.882. The lowest BCUT2D eigenvalue weighted by Crippen LogP contribution is -3.14. The van der Waals surface area contributed by atoms with Crippen molar-refractivity contribution in [3.8, 4) is 5.75 Å². The Morgan fingerprint density at radius 1 is 1.21 bits per heavy atom. The van der Waals surface area contributed by atoms with Gasteiger partial charge in [-0.3, -0.25) is 9.59 Å². The molecule has 24 heavy (non-hydrogen) atoms. The van der Waals surface area contributed by atoms with Crippen LogP contribution in [0.15, 0.2) is 24.3 Å². The molecule has 2 amide bonds. The number of hydrogen-bond donors (Lipinski definition) is 2. The van der Waals surface area contributed by atoms with Crippen molar-refractivity contribution < 1.29 is 24.0 Å². The number of benzene rings is 1. The molecule has 1 unspecified atom stereocenters. The summed E-state index contributed by atoms with van der Waals surface area (Å²) in [6.07, 6.45) is 0. The van der Waals surface area contributed by atoms with Crippen molar-refractivity contribution in [1.82, 2.24) is 4.90 Å². The van der Waals surface area contributed by atoms with Crippen molar-refractivity contribution in [2.75, 3.05) is 58.4 Å². The number of nitrogens with one attached hydrogen (secondary N) is 2. The molecule has 132 valence electrons. The van der Waals surface area contributed by atoms with E-state index in [0.717, 1.165) is 16.3 Å². The Kier molecular flexibility index (Phi) is 7.02. The summed E-state index contributed by atoms with van der Waals surface area (Å²) in [6.45, 7) is 5.72. The van der Waals surface area contributed by atoms with E-state index in [2.05, 4.69) is 5.32 Å². The molecule has 0 bridgehead atoms. The van der Waals surface area contributed by atoms with Gasteiger partial charge in [0, 0.05) is 18.8 Å². The van der Waals surface area contributed by atoms with E-state index in [1.807, 2.05) is 6.92 Å². The average Bonchev–Trinajstić information content (AvgIpc) is 2.62. The van der Waals surface area contributed by atoms with Crippen molar-refractivity contribution in [2.24, 2.45) is 0 Å². The normalized spacial score (nSPS) is 15.7. The first-order valence-electron chi connectivity index (χ1n) is 8.25. The fraction of sp³-hybridized carbons (Fsp3) is 0.529. The maximum Gasteiger partial charge on any atom is 0.279 e. The number of carbonyl (C=O) groups is 2. The quantitative estimate of drug-likeness (QED) is 0.697. The third kappa shape index (κ3) is 5.50. The molecule has 1 aliphatic heterocycles. The summed E-state index contributed by atoms with van der Waals surface area (Å²) in [5.74, 6) is 0.712. The van der Waals surface area contributed by atoms with Gasteiger partial charge in [0.15, 0.2) is 13.1 Å². The first-order valence-corrected chi connectivity index (χ1v) is 8.25. The molecule has 1 aromatic carbocycles. The Labute approximate surface area is 142 Å². The van der Waals surface area contributed by atoms with E-state index in [0.29, 0.717) is 39.4 Å². The Bertz CT molecular complexity index is 541. The van der Waals surface area contributed by atoms with Crippen LogP contribution in [0.4, 0.5) is 5.69 Å². The van der Waals surface area contributed by atoms with Crippen molar-refractivity contribution in [1.29, 1.82) is 0 Å². The molecule has 1 fully saturated rings. The number of hydrogen-bond acceptors (Lipinski definition) is 4. The van der Waals surface area contributed by atoms with Crippen LogP contribution >= 0.6 is 0 Å². The first-order chi connectivity index (χ1) is 11.6. The van der Waals surface area contributed by atoms with Gasteiger partial charge in [0.05, 0.1) is 26.9 Å². The van der Waals surface area contributed by atoms with Gasteiger partial charge in [0.25, 0.3) is 11.8 Å². The van der Waals surface area contributed by atoms with E-state index in [-0.39, 0.29) is 18.4 Å².